The summed E-state index contributed by atoms with van der Waals surface area (Å²) in [6.45, 7) is 2.11. The van der Waals surface area contributed by atoms with Gasteiger partial charge in [0.1, 0.15) is 5.58 Å². The maximum absolute atomic E-state index is 12.6. The molecule has 0 fully saturated rings. The first kappa shape index (κ1) is 19.1. The van der Waals surface area contributed by atoms with Crippen LogP contribution in [-0.4, -0.2) is 15.3 Å². The summed E-state index contributed by atoms with van der Waals surface area (Å²) in [5.41, 5.74) is 1.85. The Morgan fingerprint density at radius 2 is 1.96 bits per heavy atom. The van der Waals surface area contributed by atoms with E-state index in [1.54, 1.807) is 30.0 Å². The van der Waals surface area contributed by atoms with Crippen LogP contribution in [0.2, 0.25) is 10.0 Å². The Hall–Kier alpha value is -2.21. The smallest absolute Gasteiger partial charge is 0.345 e. The molecule has 28 heavy (non-hydrogen) atoms. The van der Waals surface area contributed by atoms with Gasteiger partial charge in [-0.05, 0) is 36.8 Å². The molecule has 7 heteroatoms. The van der Waals surface area contributed by atoms with Crippen molar-refractivity contribution in [2.75, 3.05) is 5.75 Å². The van der Waals surface area contributed by atoms with E-state index in [1.807, 2.05) is 41.1 Å². The number of imidazole rings is 1. The van der Waals surface area contributed by atoms with Gasteiger partial charge >= 0.3 is 5.63 Å². The fraction of sp³-hybridized carbons (Fsp3) is 0.143. The monoisotopic (exact) mass is 430 g/mol. The van der Waals surface area contributed by atoms with Crippen LogP contribution in [0.3, 0.4) is 0 Å². The number of fused-ring (bicyclic) bond motifs is 1. The predicted octanol–water partition coefficient (Wildman–Crippen LogP) is 6.45. The third-order valence-corrected chi connectivity index (χ3v) is 5.89. The summed E-state index contributed by atoms with van der Waals surface area (Å²) in [5.74, 6) is 0.897. The summed E-state index contributed by atoms with van der Waals surface area (Å²) in [6, 6.07) is 14.5. The van der Waals surface area contributed by atoms with Crippen molar-refractivity contribution in [3.8, 4) is 16.9 Å². The van der Waals surface area contributed by atoms with Gasteiger partial charge in [0.15, 0.2) is 5.16 Å². The normalized spacial score (nSPS) is 11.2. The van der Waals surface area contributed by atoms with Crippen LogP contribution in [0.15, 0.2) is 69.1 Å². The number of thioether (sulfide) groups is 1. The minimum Gasteiger partial charge on any atom is -0.422 e. The molecule has 4 nitrogen and oxygen atoms in total. The van der Waals surface area contributed by atoms with Crippen molar-refractivity contribution < 1.29 is 4.42 Å². The van der Waals surface area contributed by atoms with Crippen LogP contribution < -0.4 is 5.63 Å². The van der Waals surface area contributed by atoms with Crippen molar-refractivity contribution in [3.63, 3.8) is 0 Å². The summed E-state index contributed by atoms with van der Waals surface area (Å²) in [5, 5.41) is 2.68. The lowest BCUT2D eigenvalue weighted by molar-refractivity contribution is 0.563. The van der Waals surface area contributed by atoms with Crippen LogP contribution >= 0.6 is 35.0 Å². The topological polar surface area (TPSA) is 48.0 Å². The van der Waals surface area contributed by atoms with E-state index >= 15 is 0 Å². The Bertz CT molecular complexity index is 1220. The quantitative estimate of drug-likeness (QED) is 0.269. The Labute approximate surface area is 176 Å². The Balaban J connectivity index is 1.88. The molecule has 0 atom stereocenters. The second-order valence-corrected chi connectivity index (χ2v) is 8.11. The molecule has 0 radical (unpaired) electrons. The van der Waals surface area contributed by atoms with E-state index in [2.05, 4.69) is 6.92 Å². The summed E-state index contributed by atoms with van der Waals surface area (Å²) in [7, 11) is 0. The molecule has 2 heterocycles. The van der Waals surface area contributed by atoms with Gasteiger partial charge in [-0.3, -0.25) is 4.57 Å². The molecule has 0 aliphatic rings. The van der Waals surface area contributed by atoms with Crippen molar-refractivity contribution in [1.29, 1.82) is 0 Å². The van der Waals surface area contributed by atoms with Gasteiger partial charge in [0, 0.05) is 22.4 Å². The number of para-hydroxylation sites is 1. The average molecular weight is 431 g/mol. The first-order valence-corrected chi connectivity index (χ1v) is 10.5. The Morgan fingerprint density at radius 1 is 1.14 bits per heavy atom. The zero-order valence-electron chi connectivity index (χ0n) is 15.0. The highest BCUT2D eigenvalue weighted by atomic mass is 35.5. The highest BCUT2D eigenvalue weighted by Gasteiger charge is 2.17. The molecule has 4 rings (SSSR count). The average Bonchev–Trinajstić information content (AvgIpc) is 3.09. The third-order valence-electron chi connectivity index (χ3n) is 4.20. The van der Waals surface area contributed by atoms with Crippen molar-refractivity contribution in [2.45, 2.75) is 18.5 Å². The van der Waals surface area contributed by atoms with E-state index in [4.69, 9.17) is 32.6 Å². The summed E-state index contributed by atoms with van der Waals surface area (Å²) in [4.78, 5) is 17.2. The van der Waals surface area contributed by atoms with Gasteiger partial charge in [-0.25, -0.2) is 9.78 Å². The Morgan fingerprint density at radius 3 is 2.75 bits per heavy atom. The van der Waals surface area contributed by atoms with Crippen LogP contribution in [0.5, 0.6) is 0 Å². The molecule has 0 saturated heterocycles. The Kier molecular flexibility index (Phi) is 5.49. The first-order valence-electron chi connectivity index (χ1n) is 8.77. The van der Waals surface area contributed by atoms with Gasteiger partial charge in [-0.1, -0.05) is 60.1 Å². The van der Waals surface area contributed by atoms with Crippen molar-refractivity contribution in [2.24, 2.45) is 0 Å². The summed E-state index contributed by atoms with van der Waals surface area (Å²) >= 11 is 14.1. The van der Waals surface area contributed by atoms with Gasteiger partial charge in [0.25, 0.3) is 0 Å². The molecule has 142 valence electrons. The van der Waals surface area contributed by atoms with Crippen molar-refractivity contribution in [1.82, 2.24) is 9.55 Å². The fourth-order valence-electron chi connectivity index (χ4n) is 2.88. The largest absolute Gasteiger partial charge is 0.422 e. The van der Waals surface area contributed by atoms with Gasteiger partial charge in [-0.2, -0.15) is 0 Å². The molecule has 0 amide bonds. The molecule has 0 saturated carbocycles. The maximum Gasteiger partial charge on any atom is 0.345 e. The minimum atomic E-state index is -0.419. The lowest BCUT2D eigenvalue weighted by Crippen LogP contribution is -2.02. The summed E-state index contributed by atoms with van der Waals surface area (Å²) < 4.78 is 7.36. The molecule has 2 aromatic heterocycles. The van der Waals surface area contributed by atoms with E-state index in [-0.39, 0.29) is 0 Å². The van der Waals surface area contributed by atoms with Crippen molar-refractivity contribution in [3.05, 3.63) is 75.2 Å². The third kappa shape index (κ3) is 3.70. The van der Waals surface area contributed by atoms with Gasteiger partial charge in [0.05, 0.1) is 22.0 Å². The molecule has 0 bridgehead atoms. The van der Waals surface area contributed by atoms with Crippen LogP contribution in [-0.2, 0) is 0 Å². The zero-order valence-corrected chi connectivity index (χ0v) is 17.3. The second kappa shape index (κ2) is 8.03. The van der Waals surface area contributed by atoms with Gasteiger partial charge in [-0.15, -0.1) is 0 Å². The molecule has 2 aromatic carbocycles. The summed E-state index contributed by atoms with van der Waals surface area (Å²) in [6.07, 6.45) is 2.81. The highest BCUT2D eigenvalue weighted by Crippen LogP contribution is 2.31. The molecule has 0 aliphatic carbocycles. The molecular formula is C21H16Cl2N2O2S. The number of benzene rings is 2. The SMILES string of the molecule is CCCSc1nc(-c2cc3ccccc3oc2=O)cn1-c1ccc(Cl)cc1Cl. The molecular weight excluding hydrogens is 415 g/mol. The lowest BCUT2D eigenvalue weighted by atomic mass is 10.1. The van der Waals surface area contributed by atoms with Crippen LogP contribution in [0.1, 0.15) is 13.3 Å². The van der Waals surface area contributed by atoms with Crippen LogP contribution in [0.4, 0.5) is 0 Å². The van der Waals surface area contributed by atoms with Gasteiger partial charge < -0.3 is 4.42 Å². The number of nitrogens with zero attached hydrogens (tertiary/aromatic N) is 2. The van der Waals surface area contributed by atoms with Crippen molar-refractivity contribution >= 4 is 45.9 Å². The first-order chi connectivity index (χ1) is 13.6. The predicted molar refractivity (Wildman–Crippen MR) is 116 cm³/mol. The van der Waals surface area contributed by atoms with Crippen LogP contribution in [0.25, 0.3) is 27.9 Å². The number of aromatic nitrogens is 2. The maximum atomic E-state index is 12.6. The second-order valence-electron chi connectivity index (χ2n) is 6.21. The van der Waals surface area contributed by atoms with E-state index in [0.717, 1.165) is 28.4 Å². The number of halogens is 2. The minimum absolute atomic E-state index is 0.417. The molecule has 0 N–H and O–H groups in total. The van der Waals surface area contributed by atoms with E-state index in [9.17, 15) is 4.79 Å². The van der Waals surface area contributed by atoms with Crippen LogP contribution in [0, 0.1) is 0 Å². The standard InChI is InChI=1S/C21H16Cl2N2O2S/c1-2-9-28-21-24-17(12-25(21)18-8-7-14(22)11-16(18)23)15-10-13-5-3-4-6-19(13)27-20(15)26/h3-8,10-12H,2,9H2,1H3. The fourth-order valence-corrected chi connectivity index (χ4v) is 4.22. The molecule has 0 aliphatic heterocycles. The van der Waals surface area contributed by atoms with E-state index < -0.39 is 5.63 Å². The molecule has 0 spiro atoms. The number of hydrogen-bond donors (Lipinski definition) is 0. The van der Waals surface area contributed by atoms with E-state index in [1.165, 1.54) is 0 Å². The molecule has 4 aromatic rings. The lowest BCUT2D eigenvalue weighted by Gasteiger charge is -2.09. The number of rotatable bonds is 5. The highest BCUT2D eigenvalue weighted by molar-refractivity contribution is 7.99. The zero-order chi connectivity index (χ0) is 19.7. The van der Waals surface area contributed by atoms with E-state index in [0.29, 0.717) is 26.9 Å². The van der Waals surface area contributed by atoms with Gasteiger partial charge in [0.2, 0.25) is 0 Å². The molecule has 0 unspecified atom stereocenters. The number of hydrogen-bond acceptors (Lipinski definition) is 4.